The molecule has 0 bridgehead atoms. The fourth-order valence-electron chi connectivity index (χ4n) is 1.89. The summed E-state index contributed by atoms with van der Waals surface area (Å²) in [5.74, 6) is 0.339. The molecule has 0 amide bonds. The van der Waals surface area contributed by atoms with Gasteiger partial charge in [-0.3, -0.25) is 4.79 Å². The molecule has 1 heteroatoms. The summed E-state index contributed by atoms with van der Waals surface area (Å²) >= 11 is 0. The largest absolute Gasteiger partial charge is 0.298 e. The molecule has 0 aliphatic carbocycles. The van der Waals surface area contributed by atoms with E-state index >= 15 is 0 Å². The van der Waals surface area contributed by atoms with E-state index in [0.717, 1.165) is 17.4 Å². The van der Waals surface area contributed by atoms with Crippen LogP contribution in [0, 0.1) is 0 Å². The lowest BCUT2D eigenvalue weighted by Crippen LogP contribution is -1.89. The van der Waals surface area contributed by atoms with Gasteiger partial charge in [-0.1, -0.05) is 73.7 Å². The first-order chi connectivity index (χ1) is 8.81. The van der Waals surface area contributed by atoms with Crippen LogP contribution in [-0.4, -0.2) is 6.29 Å². The Morgan fingerprint density at radius 2 is 1.50 bits per heavy atom. The van der Waals surface area contributed by atoms with Gasteiger partial charge >= 0.3 is 0 Å². The molecule has 0 radical (unpaired) electrons. The molecule has 18 heavy (non-hydrogen) atoms. The highest BCUT2D eigenvalue weighted by Crippen LogP contribution is 2.18. The zero-order chi connectivity index (χ0) is 12.8. The molecule has 2 rings (SSSR count). The van der Waals surface area contributed by atoms with E-state index in [0.29, 0.717) is 5.92 Å². The molecule has 0 N–H and O–H groups in total. The second-order valence-corrected chi connectivity index (χ2v) is 4.31. The first-order valence-corrected chi connectivity index (χ1v) is 6.08. The predicted molar refractivity (Wildman–Crippen MR) is 75.7 cm³/mol. The van der Waals surface area contributed by atoms with E-state index in [1.54, 1.807) is 0 Å². The van der Waals surface area contributed by atoms with Crippen LogP contribution < -0.4 is 0 Å². The summed E-state index contributed by atoms with van der Waals surface area (Å²) in [5, 5.41) is 0. The molecular weight excluding hydrogens is 220 g/mol. The Morgan fingerprint density at radius 3 is 2.17 bits per heavy atom. The third-order valence-electron chi connectivity index (χ3n) is 3.01. The number of hydrogen-bond acceptors (Lipinski definition) is 1. The Hall–Kier alpha value is -2.15. The van der Waals surface area contributed by atoms with E-state index in [1.165, 1.54) is 5.56 Å². The quantitative estimate of drug-likeness (QED) is 0.723. The van der Waals surface area contributed by atoms with Crippen molar-refractivity contribution in [2.24, 2.45) is 0 Å². The van der Waals surface area contributed by atoms with Gasteiger partial charge in [0.1, 0.15) is 0 Å². The smallest absolute Gasteiger partial charge is 0.150 e. The number of rotatable bonds is 4. The Bertz CT molecular complexity index is 541. The fraction of sp³-hybridized carbons (Fsp3) is 0.118. The second-order valence-electron chi connectivity index (χ2n) is 4.31. The molecule has 1 unspecified atom stereocenters. The van der Waals surface area contributed by atoms with Crippen molar-refractivity contribution in [3.05, 3.63) is 77.4 Å². The van der Waals surface area contributed by atoms with Crippen molar-refractivity contribution >= 4 is 12.4 Å². The Kier molecular flexibility index (Phi) is 4.08. The molecule has 0 saturated carbocycles. The van der Waals surface area contributed by atoms with Crippen LogP contribution in [0.2, 0.25) is 0 Å². The van der Waals surface area contributed by atoms with Crippen LogP contribution in [0.25, 0.3) is 6.08 Å². The van der Waals surface area contributed by atoms with Crippen molar-refractivity contribution in [1.82, 2.24) is 0 Å². The summed E-state index contributed by atoms with van der Waals surface area (Å²) < 4.78 is 0. The molecule has 0 spiro atoms. The number of aldehydes is 1. The first kappa shape index (κ1) is 12.3. The van der Waals surface area contributed by atoms with Crippen LogP contribution >= 0.6 is 0 Å². The van der Waals surface area contributed by atoms with Crippen LogP contribution in [0.4, 0.5) is 0 Å². The van der Waals surface area contributed by atoms with Gasteiger partial charge in [-0.15, -0.1) is 0 Å². The maximum absolute atomic E-state index is 10.9. The number of hydrogen-bond donors (Lipinski definition) is 0. The van der Waals surface area contributed by atoms with Crippen molar-refractivity contribution in [3.8, 4) is 0 Å². The van der Waals surface area contributed by atoms with E-state index < -0.39 is 0 Å². The fourth-order valence-corrected chi connectivity index (χ4v) is 1.89. The zero-order valence-electron chi connectivity index (χ0n) is 10.4. The lowest BCUT2D eigenvalue weighted by atomic mass is 9.99. The lowest BCUT2D eigenvalue weighted by Gasteiger charge is -2.06. The van der Waals surface area contributed by atoms with E-state index in [-0.39, 0.29) is 0 Å². The highest BCUT2D eigenvalue weighted by atomic mass is 16.1. The lowest BCUT2D eigenvalue weighted by molar-refractivity contribution is 0.112. The number of benzene rings is 2. The van der Waals surface area contributed by atoms with Crippen molar-refractivity contribution in [2.75, 3.05) is 0 Å². The molecule has 0 saturated heterocycles. The summed E-state index contributed by atoms with van der Waals surface area (Å²) in [6, 6.07) is 17.9. The van der Waals surface area contributed by atoms with Crippen LogP contribution in [0.3, 0.4) is 0 Å². The molecule has 1 nitrogen and oxygen atoms in total. The van der Waals surface area contributed by atoms with E-state index in [9.17, 15) is 4.79 Å². The van der Waals surface area contributed by atoms with Gasteiger partial charge in [-0.2, -0.15) is 0 Å². The minimum Gasteiger partial charge on any atom is -0.298 e. The van der Waals surface area contributed by atoms with Gasteiger partial charge in [0, 0.05) is 5.56 Å². The van der Waals surface area contributed by atoms with Crippen LogP contribution in [0.1, 0.15) is 34.3 Å². The Balaban J connectivity index is 2.18. The SMILES string of the molecule is CC(/C=C/c1ccccc1C=O)c1ccccc1. The van der Waals surface area contributed by atoms with Crippen LogP contribution in [0.15, 0.2) is 60.7 Å². The summed E-state index contributed by atoms with van der Waals surface area (Å²) in [4.78, 5) is 10.9. The molecule has 0 fully saturated rings. The van der Waals surface area contributed by atoms with Gasteiger partial charge < -0.3 is 0 Å². The third kappa shape index (κ3) is 2.95. The summed E-state index contributed by atoms with van der Waals surface area (Å²) in [6.07, 6.45) is 5.03. The highest BCUT2D eigenvalue weighted by Gasteiger charge is 2.01. The van der Waals surface area contributed by atoms with Crippen molar-refractivity contribution < 1.29 is 4.79 Å². The maximum Gasteiger partial charge on any atom is 0.150 e. The third-order valence-corrected chi connectivity index (χ3v) is 3.01. The van der Waals surface area contributed by atoms with E-state index in [2.05, 4.69) is 25.1 Å². The minimum absolute atomic E-state index is 0.339. The number of carbonyl (C=O) groups is 1. The summed E-state index contributed by atoms with van der Waals surface area (Å²) in [6.45, 7) is 2.15. The van der Waals surface area contributed by atoms with Crippen molar-refractivity contribution in [3.63, 3.8) is 0 Å². The summed E-state index contributed by atoms with van der Waals surface area (Å²) in [7, 11) is 0. The van der Waals surface area contributed by atoms with Gasteiger partial charge in [-0.05, 0) is 17.0 Å². The van der Waals surface area contributed by atoms with Gasteiger partial charge in [0.25, 0.3) is 0 Å². The zero-order valence-corrected chi connectivity index (χ0v) is 10.4. The normalized spacial score (nSPS) is 12.5. The molecule has 90 valence electrons. The predicted octanol–water partition coefficient (Wildman–Crippen LogP) is 4.32. The molecule has 0 aliphatic rings. The molecule has 0 aromatic heterocycles. The molecule has 0 heterocycles. The summed E-state index contributed by atoms with van der Waals surface area (Å²) in [5.41, 5.74) is 2.97. The first-order valence-electron chi connectivity index (χ1n) is 6.08. The van der Waals surface area contributed by atoms with E-state index in [4.69, 9.17) is 0 Å². The van der Waals surface area contributed by atoms with Crippen molar-refractivity contribution in [1.29, 1.82) is 0 Å². The van der Waals surface area contributed by atoms with Gasteiger partial charge in [0.15, 0.2) is 6.29 Å². The number of carbonyl (C=O) groups excluding carboxylic acids is 1. The molecule has 0 aliphatic heterocycles. The molecular formula is C17H16O. The van der Waals surface area contributed by atoms with Crippen molar-refractivity contribution in [2.45, 2.75) is 12.8 Å². The van der Waals surface area contributed by atoms with Gasteiger partial charge in [0.2, 0.25) is 0 Å². The molecule has 2 aromatic rings. The average Bonchev–Trinajstić information content (AvgIpc) is 2.46. The molecule has 1 atom stereocenters. The Morgan fingerprint density at radius 1 is 0.889 bits per heavy atom. The second kappa shape index (κ2) is 5.97. The van der Waals surface area contributed by atoms with Crippen LogP contribution in [-0.2, 0) is 0 Å². The van der Waals surface area contributed by atoms with Crippen LogP contribution in [0.5, 0.6) is 0 Å². The number of allylic oxidation sites excluding steroid dienone is 1. The topological polar surface area (TPSA) is 17.1 Å². The Labute approximate surface area is 108 Å². The monoisotopic (exact) mass is 236 g/mol. The van der Waals surface area contributed by atoms with E-state index in [1.807, 2.05) is 48.5 Å². The minimum atomic E-state index is 0.339. The maximum atomic E-state index is 10.9. The molecule has 2 aromatic carbocycles. The average molecular weight is 236 g/mol. The van der Waals surface area contributed by atoms with Gasteiger partial charge in [0.05, 0.1) is 0 Å². The standard InChI is InChI=1S/C17H16O/c1-14(15-7-3-2-4-8-15)11-12-16-9-5-6-10-17(16)13-18/h2-14H,1H3/b12-11+. The van der Waals surface area contributed by atoms with Gasteiger partial charge in [-0.25, -0.2) is 0 Å². The highest BCUT2D eigenvalue weighted by molar-refractivity contribution is 5.81.